The Hall–Kier alpha value is -4.23. The molecule has 4 aromatic rings. The van der Waals surface area contributed by atoms with Crippen molar-refractivity contribution in [3.63, 3.8) is 0 Å². The number of carboxylic acid groups (broad SMARTS) is 1. The number of aryl methyl sites for hydroxylation is 1. The molecule has 0 bridgehead atoms. The van der Waals surface area contributed by atoms with Gasteiger partial charge in [0, 0.05) is 36.1 Å². The zero-order valence-corrected chi connectivity index (χ0v) is 20.0. The van der Waals surface area contributed by atoms with Gasteiger partial charge in [0.2, 0.25) is 5.91 Å². The number of benzene rings is 3. The van der Waals surface area contributed by atoms with Crippen LogP contribution in [-0.4, -0.2) is 32.2 Å². The second kappa shape index (κ2) is 10.2. The van der Waals surface area contributed by atoms with E-state index in [-0.39, 0.29) is 12.3 Å². The summed E-state index contributed by atoms with van der Waals surface area (Å²) >= 11 is 6.16. The van der Waals surface area contributed by atoms with Crippen LogP contribution in [0.5, 0.6) is 0 Å². The van der Waals surface area contributed by atoms with Crippen LogP contribution in [0.1, 0.15) is 34.6 Å². The number of carboxylic acids is 1. The predicted molar refractivity (Wildman–Crippen MR) is 139 cm³/mol. The third kappa shape index (κ3) is 5.21. The van der Waals surface area contributed by atoms with Gasteiger partial charge in [-0.15, -0.1) is 0 Å². The van der Waals surface area contributed by atoms with E-state index in [4.69, 9.17) is 21.7 Å². The summed E-state index contributed by atoms with van der Waals surface area (Å²) in [6, 6.07) is 20.8. The number of aromatic nitrogens is 2. The van der Waals surface area contributed by atoms with Gasteiger partial charge < -0.3 is 15.0 Å². The summed E-state index contributed by atoms with van der Waals surface area (Å²) in [4.78, 5) is 33.3. The monoisotopic (exact) mass is 498 g/mol. The van der Waals surface area contributed by atoms with E-state index < -0.39 is 11.9 Å². The van der Waals surface area contributed by atoms with Crippen LogP contribution in [0.3, 0.4) is 0 Å². The molecule has 0 radical (unpaired) electrons. The average molecular weight is 499 g/mol. The minimum absolute atomic E-state index is 0.0273. The SMILES string of the molecule is O=C(O)CCc1cccc(C(=Nc2ccc(Cn3ccnc3)cc2)C2C(=O)Nc3cc(Cl)ccc32)c1. The number of amides is 1. The topological polar surface area (TPSA) is 96.6 Å². The first-order valence-corrected chi connectivity index (χ1v) is 11.9. The molecule has 0 fully saturated rings. The van der Waals surface area contributed by atoms with Gasteiger partial charge in [-0.3, -0.25) is 14.6 Å². The zero-order valence-electron chi connectivity index (χ0n) is 19.3. The molecular weight excluding hydrogens is 476 g/mol. The van der Waals surface area contributed by atoms with Gasteiger partial charge in [0.25, 0.3) is 0 Å². The lowest BCUT2D eigenvalue weighted by Crippen LogP contribution is -2.22. The number of carbonyl (C=O) groups is 2. The zero-order chi connectivity index (χ0) is 25.1. The molecule has 36 heavy (non-hydrogen) atoms. The summed E-state index contributed by atoms with van der Waals surface area (Å²) < 4.78 is 1.98. The fourth-order valence-corrected chi connectivity index (χ4v) is 4.52. The third-order valence-corrected chi connectivity index (χ3v) is 6.32. The molecule has 1 aromatic heterocycles. The quantitative estimate of drug-likeness (QED) is 0.315. The van der Waals surface area contributed by atoms with Crippen molar-refractivity contribution in [3.05, 3.63) is 113 Å². The van der Waals surface area contributed by atoms with E-state index in [9.17, 15) is 9.59 Å². The molecule has 2 heterocycles. The summed E-state index contributed by atoms with van der Waals surface area (Å²) in [7, 11) is 0. The number of halogens is 1. The molecule has 1 aliphatic rings. The van der Waals surface area contributed by atoms with E-state index in [0.29, 0.717) is 35.1 Å². The molecule has 7 nitrogen and oxygen atoms in total. The average Bonchev–Trinajstić information content (AvgIpc) is 3.49. The summed E-state index contributed by atoms with van der Waals surface area (Å²) in [5.74, 6) is -1.66. The lowest BCUT2D eigenvalue weighted by molar-refractivity contribution is -0.137. The van der Waals surface area contributed by atoms with Crippen LogP contribution in [0.4, 0.5) is 11.4 Å². The van der Waals surface area contributed by atoms with Crippen molar-refractivity contribution in [1.29, 1.82) is 0 Å². The highest BCUT2D eigenvalue weighted by Gasteiger charge is 2.35. The van der Waals surface area contributed by atoms with Gasteiger partial charge in [-0.05, 0) is 59.0 Å². The Balaban J connectivity index is 1.54. The highest BCUT2D eigenvalue weighted by Crippen LogP contribution is 2.38. The van der Waals surface area contributed by atoms with Gasteiger partial charge >= 0.3 is 5.97 Å². The van der Waals surface area contributed by atoms with Crippen LogP contribution >= 0.6 is 11.6 Å². The number of nitrogens with zero attached hydrogens (tertiary/aromatic N) is 3. The second-order valence-electron chi connectivity index (χ2n) is 8.65. The van der Waals surface area contributed by atoms with Crippen molar-refractivity contribution in [2.75, 3.05) is 5.32 Å². The first-order chi connectivity index (χ1) is 17.5. The Morgan fingerprint density at radius 1 is 1.08 bits per heavy atom. The molecule has 1 amide bonds. The Bertz CT molecular complexity index is 1450. The molecule has 1 unspecified atom stereocenters. The lowest BCUT2D eigenvalue weighted by atomic mass is 9.89. The van der Waals surface area contributed by atoms with E-state index >= 15 is 0 Å². The first kappa shape index (κ1) is 23.5. The molecule has 8 heteroatoms. The van der Waals surface area contributed by atoms with Crippen molar-refractivity contribution in [2.24, 2.45) is 4.99 Å². The van der Waals surface area contributed by atoms with E-state index in [2.05, 4.69) is 10.3 Å². The Morgan fingerprint density at radius 3 is 2.67 bits per heavy atom. The van der Waals surface area contributed by atoms with Crippen LogP contribution in [0.15, 0.2) is 90.4 Å². The smallest absolute Gasteiger partial charge is 0.303 e. The lowest BCUT2D eigenvalue weighted by Gasteiger charge is -2.15. The molecule has 3 aromatic carbocycles. The van der Waals surface area contributed by atoms with Crippen LogP contribution in [0.25, 0.3) is 0 Å². The Kier molecular flexibility index (Phi) is 6.64. The van der Waals surface area contributed by atoms with Gasteiger partial charge in [0.1, 0.15) is 5.92 Å². The van der Waals surface area contributed by atoms with Crippen molar-refractivity contribution in [2.45, 2.75) is 25.3 Å². The third-order valence-electron chi connectivity index (χ3n) is 6.08. The van der Waals surface area contributed by atoms with Crippen molar-refractivity contribution < 1.29 is 14.7 Å². The fourth-order valence-electron chi connectivity index (χ4n) is 4.35. The molecule has 2 N–H and O–H groups in total. The van der Waals surface area contributed by atoms with E-state index in [1.165, 1.54) is 0 Å². The Labute approximate surface area is 213 Å². The number of hydrogen-bond donors (Lipinski definition) is 2. The Morgan fingerprint density at radius 2 is 1.92 bits per heavy atom. The number of fused-ring (bicyclic) bond motifs is 1. The number of hydrogen-bond acceptors (Lipinski definition) is 4. The molecule has 0 aliphatic carbocycles. The van der Waals surface area contributed by atoms with Gasteiger partial charge in [0.05, 0.1) is 17.7 Å². The molecule has 0 saturated carbocycles. The summed E-state index contributed by atoms with van der Waals surface area (Å²) in [6.07, 6.45) is 5.84. The van der Waals surface area contributed by atoms with E-state index in [0.717, 1.165) is 22.3 Å². The number of rotatable bonds is 8. The number of imidazole rings is 1. The standard InChI is InChI=1S/C28H23ClN4O3/c29-21-7-10-23-24(15-21)32-28(36)26(23)27(20-3-1-2-18(14-20)6-11-25(34)35)31-22-8-4-19(5-9-22)16-33-13-12-30-17-33/h1-5,7-10,12-15,17,26H,6,11,16H2,(H,32,36)(H,34,35). The molecule has 1 aliphatic heterocycles. The predicted octanol–water partition coefficient (Wildman–Crippen LogP) is 5.46. The fraction of sp³-hybridized carbons (Fsp3) is 0.143. The maximum absolute atomic E-state index is 13.2. The van der Waals surface area contributed by atoms with E-state index in [1.54, 1.807) is 24.7 Å². The number of nitrogens with one attached hydrogen (secondary N) is 1. The number of aliphatic carboxylic acids is 1. The minimum Gasteiger partial charge on any atom is -0.481 e. The molecular formula is C28H23ClN4O3. The first-order valence-electron chi connectivity index (χ1n) is 11.5. The molecule has 0 spiro atoms. The highest BCUT2D eigenvalue weighted by molar-refractivity contribution is 6.31. The van der Waals surface area contributed by atoms with Crippen LogP contribution in [-0.2, 0) is 22.6 Å². The van der Waals surface area contributed by atoms with E-state index in [1.807, 2.05) is 65.4 Å². The molecule has 1 atom stereocenters. The van der Waals surface area contributed by atoms with Crippen LogP contribution in [0, 0.1) is 0 Å². The normalized spacial score (nSPS) is 15.0. The number of carbonyl (C=O) groups excluding carboxylic acids is 1. The summed E-state index contributed by atoms with van der Waals surface area (Å²) in [5, 5.41) is 12.6. The summed E-state index contributed by atoms with van der Waals surface area (Å²) in [5.41, 5.74) is 5.51. The molecule has 5 rings (SSSR count). The van der Waals surface area contributed by atoms with Crippen molar-refractivity contribution >= 4 is 40.6 Å². The van der Waals surface area contributed by atoms with Gasteiger partial charge in [-0.1, -0.05) is 48.0 Å². The van der Waals surface area contributed by atoms with Crippen LogP contribution < -0.4 is 5.32 Å². The maximum Gasteiger partial charge on any atom is 0.303 e. The van der Waals surface area contributed by atoms with Gasteiger partial charge in [-0.25, -0.2) is 4.98 Å². The minimum atomic E-state index is -0.856. The second-order valence-corrected chi connectivity index (χ2v) is 9.08. The van der Waals surface area contributed by atoms with Gasteiger partial charge in [0.15, 0.2) is 0 Å². The molecule has 0 saturated heterocycles. The number of aliphatic imine (C=N–C) groups is 1. The highest BCUT2D eigenvalue weighted by atomic mass is 35.5. The van der Waals surface area contributed by atoms with Crippen molar-refractivity contribution in [1.82, 2.24) is 9.55 Å². The maximum atomic E-state index is 13.2. The largest absolute Gasteiger partial charge is 0.481 e. The van der Waals surface area contributed by atoms with Crippen LogP contribution in [0.2, 0.25) is 5.02 Å². The number of anilines is 1. The van der Waals surface area contributed by atoms with Crippen molar-refractivity contribution in [3.8, 4) is 0 Å². The summed E-state index contributed by atoms with van der Waals surface area (Å²) in [6.45, 7) is 0.696. The molecule has 180 valence electrons. The van der Waals surface area contributed by atoms with Gasteiger partial charge in [-0.2, -0.15) is 0 Å².